The van der Waals surface area contributed by atoms with E-state index < -0.39 is 0 Å². The number of pyridine rings is 1. The van der Waals surface area contributed by atoms with Crippen LogP contribution in [0.1, 0.15) is 64.0 Å². The van der Waals surface area contributed by atoms with E-state index in [1.54, 1.807) is 0 Å². The molecule has 1 nitrogen and oxygen atoms in total. The third-order valence-corrected chi connectivity index (χ3v) is 3.72. The van der Waals surface area contributed by atoms with Gasteiger partial charge in [-0.25, -0.2) is 0 Å². The summed E-state index contributed by atoms with van der Waals surface area (Å²) in [6.45, 7) is 10.7. The monoisotopic (exact) mass is 283 g/mol. The fourth-order valence-electron chi connectivity index (χ4n) is 2.70. The molecule has 2 aromatic rings. The van der Waals surface area contributed by atoms with E-state index in [0.717, 1.165) is 5.69 Å². The fourth-order valence-corrected chi connectivity index (χ4v) is 2.70. The van der Waals surface area contributed by atoms with Crippen molar-refractivity contribution in [2.45, 2.75) is 59.8 Å². The molecule has 0 amide bonds. The first kappa shape index (κ1) is 17.4. The van der Waals surface area contributed by atoms with Gasteiger partial charge in [0, 0.05) is 11.8 Å². The van der Waals surface area contributed by atoms with Crippen molar-refractivity contribution in [1.29, 1.82) is 0 Å². The van der Waals surface area contributed by atoms with Gasteiger partial charge >= 0.3 is 0 Å². The summed E-state index contributed by atoms with van der Waals surface area (Å²) in [4.78, 5) is 4.55. The topological polar surface area (TPSA) is 12.9 Å². The minimum Gasteiger partial charge on any atom is -0.256 e. The quantitative estimate of drug-likeness (QED) is 0.620. The first-order chi connectivity index (χ1) is 10.3. The number of hydrogen-bond acceptors (Lipinski definition) is 1. The highest BCUT2D eigenvalue weighted by molar-refractivity contribution is 5.65. The highest BCUT2D eigenvalue weighted by Gasteiger charge is 2.14. The van der Waals surface area contributed by atoms with Gasteiger partial charge in [0.2, 0.25) is 0 Å². The molecule has 21 heavy (non-hydrogen) atoms. The van der Waals surface area contributed by atoms with E-state index in [2.05, 4.69) is 62.2 Å². The average molecular weight is 283 g/mol. The molecule has 0 saturated heterocycles. The molecule has 1 heteroatoms. The average Bonchev–Trinajstić information content (AvgIpc) is 2.54. The van der Waals surface area contributed by atoms with Gasteiger partial charge in [-0.15, -0.1) is 0 Å². The number of aryl methyl sites for hydroxylation is 1. The van der Waals surface area contributed by atoms with Crippen LogP contribution in [0.3, 0.4) is 0 Å². The molecule has 0 bridgehead atoms. The molecule has 0 aliphatic rings. The predicted octanol–water partition coefficient (Wildman–Crippen LogP) is 6.38. The van der Waals surface area contributed by atoms with Crippen molar-refractivity contribution in [3.8, 4) is 11.3 Å². The summed E-state index contributed by atoms with van der Waals surface area (Å²) < 4.78 is 0. The van der Waals surface area contributed by atoms with Gasteiger partial charge in [0.1, 0.15) is 0 Å². The number of hydrogen-bond donors (Lipinski definition) is 0. The Labute approximate surface area is 130 Å². The number of nitrogens with zero attached hydrogens (tertiary/aromatic N) is 1. The van der Waals surface area contributed by atoms with E-state index >= 15 is 0 Å². The van der Waals surface area contributed by atoms with Crippen molar-refractivity contribution in [3.05, 3.63) is 53.7 Å². The second kappa shape index (κ2) is 9.33. The normalized spacial score (nSPS) is 11.5. The van der Waals surface area contributed by atoms with Crippen LogP contribution in [0.4, 0.5) is 0 Å². The lowest BCUT2D eigenvalue weighted by Crippen LogP contribution is -2.00. The van der Waals surface area contributed by atoms with Crippen LogP contribution in [0.25, 0.3) is 11.3 Å². The van der Waals surface area contributed by atoms with Gasteiger partial charge < -0.3 is 0 Å². The van der Waals surface area contributed by atoms with Crippen molar-refractivity contribution in [3.63, 3.8) is 0 Å². The molecule has 0 N–H and O–H groups in total. The van der Waals surface area contributed by atoms with Gasteiger partial charge in [0.15, 0.2) is 0 Å². The van der Waals surface area contributed by atoms with Crippen LogP contribution < -0.4 is 0 Å². The van der Waals surface area contributed by atoms with Crippen LogP contribution in [-0.2, 0) is 0 Å². The zero-order valence-corrected chi connectivity index (χ0v) is 14.2. The Hall–Kier alpha value is -1.63. The molecule has 1 unspecified atom stereocenters. The second-order valence-electron chi connectivity index (χ2n) is 5.20. The van der Waals surface area contributed by atoms with E-state index in [9.17, 15) is 0 Å². The Balaban J connectivity index is 0.00000106. The lowest BCUT2D eigenvalue weighted by molar-refractivity contribution is 0.597. The Kier molecular flexibility index (Phi) is 7.74. The number of benzene rings is 1. The Morgan fingerprint density at radius 1 is 1.05 bits per heavy atom. The first-order valence-electron chi connectivity index (χ1n) is 8.28. The minimum absolute atomic E-state index is 0.642. The van der Waals surface area contributed by atoms with E-state index in [1.165, 1.54) is 36.0 Å². The van der Waals surface area contributed by atoms with Crippen LogP contribution in [0, 0.1) is 6.92 Å². The fraction of sp³-hybridized carbons (Fsp3) is 0.450. The zero-order valence-electron chi connectivity index (χ0n) is 14.2. The molecule has 1 aromatic carbocycles. The van der Waals surface area contributed by atoms with Crippen molar-refractivity contribution in [1.82, 2.24) is 4.98 Å². The van der Waals surface area contributed by atoms with Crippen molar-refractivity contribution < 1.29 is 0 Å². The number of aromatic nitrogens is 1. The Morgan fingerprint density at radius 2 is 1.76 bits per heavy atom. The molecule has 0 aliphatic carbocycles. The summed E-state index contributed by atoms with van der Waals surface area (Å²) in [5, 5.41) is 0. The van der Waals surface area contributed by atoms with Crippen LogP contribution >= 0.6 is 0 Å². The van der Waals surface area contributed by atoms with E-state index in [-0.39, 0.29) is 0 Å². The van der Waals surface area contributed by atoms with Gasteiger partial charge in [-0.05, 0) is 48.9 Å². The van der Waals surface area contributed by atoms with Gasteiger partial charge in [0.05, 0.1) is 5.69 Å². The molecule has 2 rings (SSSR count). The smallest absolute Gasteiger partial charge is 0.0707 e. The molecule has 114 valence electrons. The summed E-state index contributed by atoms with van der Waals surface area (Å²) in [6.07, 6.45) is 5.58. The second-order valence-corrected chi connectivity index (χ2v) is 5.20. The summed E-state index contributed by atoms with van der Waals surface area (Å²) in [5.74, 6) is 0.642. The molecule has 1 aromatic heterocycles. The molecule has 1 heterocycles. The van der Waals surface area contributed by atoms with Crippen LogP contribution in [0.5, 0.6) is 0 Å². The molecule has 0 fully saturated rings. The molecular weight excluding hydrogens is 254 g/mol. The lowest BCUT2D eigenvalue weighted by atomic mass is 9.87. The largest absolute Gasteiger partial charge is 0.256 e. The molecule has 0 radical (unpaired) electrons. The standard InChI is InChI=1S/C18H23N.C2H6/c1-4-8-15(5-2)16-9-6-7-10-17(16)18-13-14(3)11-12-19-18;1-2/h6-7,9-13,15H,4-5,8H2,1-3H3;1-2H3. The van der Waals surface area contributed by atoms with E-state index in [4.69, 9.17) is 0 Å². The number of rotatable bonds is 5. The molecule has 0 saturated carbocycles. The lowest BCUT2D eigenvalue weighted by Gasteiger charge is -2.18. The SMILES string of the molecule is CC.CCCC(CC)c1ccccc1-c1cc(C)ccn1. The maximum absolute atomic E-state index is 4.55. The van der Waals surface area contributed by atoms with Crippen molar-refractivity contribution in [2.75, 3.05) is 0 Å². The highest BCUT2D eigenvalue weighted by atomic mass is 14.7. The van der Waals surface area contributed by atoms with Crippen LogP contribution in [0.15, 0.2) is 42.6 Å². The summed E-state index contributed by atoms with van der Waals surface area (Å²) in [6, 6.07) is 13.0. The zero-order chi connectivity index (χ0) is 15.7. The van der Waals surface area contributed by atoms with Crippen LogP contribution in [-0.4, -0.2) is 4.98 Å². The molecule has 1 atom stereocenters. The van der Waals surface area contributed by atoms with Crippen LogP contribution in [0.2, 0.25) is 0 Å². The van der Waals surface area contributed by atoms with Gasteiger partial charge in [-0.3, -0.25) is 4.98 Å². The first-order valence-corrected chi connectivity index (χ1v) is 8.28. The summed E-state index contributed by atoms with van der Waals surface area (Å²) in [5.41, 5.74) is 5.12. The summed E-state index contributed by atoms with van der Waals surface area (Å²) >= 11 is 0. The minimum atomic E-state index is 0.642. The van der Waals surface area contributed by atoms with Gasteiger partial charge in [-0.2, -0.15) is 0 Å². The van der Waals surface area contributed by atoms with E-state index in [0.29, 0.717) is 5.92 Å². The maximum atomic E-state index is 4.55. The molecular formula is C20H29N. The highest BCUT2D eigenvalue weighted by Crippen LogP contribution is 2.32. The predicted molar refractivity (Wildman–Crippen MR) is 93.7 cm³/mol. The molecule has 0 aliphatic heterocycles. The Bertz CT molecular complexity index is 531. The third kappa shape index (κ3) is 4.70. The van der Waals surface area contributed by atoms with Crippen molar-refractivity contribution in [2.24, 2.45) is 0 Å². The maximum Gasteiger partial charge on any atom is 0.0707 e. The Morgan fingerprint density at radius 3 is 2.38 bits per heavy atom. The van der Waals surface area contributed by atoms with Gasteiger partial charge in [0.25, 0.3) is 0 Å². The van der Waals surface area contributed by atoms with Gasteiger partial charge in [-0.1, -0.05) is 58.4 Å². The molecule has 0 spiro atoms. The van der Waals surface area contributed by atoms with E-state index in [1.807, 2.05) is 20.0 Å². The van der Waals surface area contributed by atoms with Crippen molar-refractivity contribution >= 4 is 0 Å². The summed E-state index contributed by atoms with van der Waals surface area (Å²) in [7, 11) is 0. The third-order valence-electron chi connectivity index (χ3n) is 3.72.